The lowest BCUT2D eigenvalue weighted by Crippen LogP contribution is -2.46. The third kappa shape index (κ3) is 5.08. The van der Waals surface area contributed by atoms with Crippen molar-refractivity contribution in [3.63, 3.8) is 0 Å². The van der Waals surface area contributed by atoms with Crippen LogP contribution in [0.1, 0.15) is 46.6 Å². The second-order valence-electron chi connectivity index (χ2n) is 8.22. The van der Waals surface area contributed by atoms with Gasteiger partial charge in [0.1, 0.15) is 0 Å². The summed E-state index contributed by atoms with van der Waals surface area (Å²) in [7, 11) is 0. The molecule has 2 heterocycles. The van der Waals surface area contributed by atoms with Gasteiger partial charge >= 0.3 is 0 Å². The van der Waals surface area contributed by atoms with Crippen LogP contribution in [0.3, 0.4) is 0 Å². The molecule has 0 spiro atoms. The lowest BCUT2D eigenvalue weighted by molar-refractivity contribution is -0.122. The molecule has 1 N–H and O–H groups in total. The second kappa shape index (κ2) is 9.25. The van der Waals surface area contributed by atoms with Gasteiger partial charge in [0.25, 0.3) is 5.91 Å². The first kappa shape index (κ1) is 21.0. The van der Waals surface area contributed by atoms with Crippen LogP contribution in [0.25, 0.3) is 11.0 Å². The second-order valence-corrected chi connectivity index (χ2v) is 8.22. The Morgan fingerprint density at radius 3 is 2.35 bits per heavy atom. The molecule has 0 atom stereocenters. The van der Waals surface area contributed by atoms with Gasteiger partial charge in [0.05, 0.1) is 22.4 Å². The number of hydrogen-bond acceptors (Lipinski definition) is 4. The molecular formula is C25H28N4O2. The molecule has 1 aliphatic heterocycles. The van der Waals surface area contributed by atoms with Crippen molar-refractivity contribution in [1.29, 1.82) is 0 Å². The lowest BCUT2D eigenvalue weighted by Gasteiger charge is -2.32. The van der Waals surface area contributed by atoms with Crippen LogP contribution in [0.4, 0.5) is 0 Å². The van der Waals surface area contributed by atoms with Crippen LogP contribution in [0.15, 0.2) is 48.5 Å². The summed E-state index contributed by atoms with van der Waals surface area (Å²) in [5.74, 6) is 0.0863. The SMILES string of the molecule is Cc1nc2ccc(C(=O)N3CCC(NC(=O)CCc4ccccc4)CC3)cc2nc1C. The molecule has 6 heteroatoms. The Morgan fingerprint density at radius 2 is 1.65 bits per heavy atom. The van der Waals surface area contributed by atoms with Crippen molar-refractivity contribution in [1.82, 2.24) is 20.2 Å². The zero-order chi connectivity index (χ0) is 21.8. The highest BCUT2D eigenvalue weighted by molar-refractivity contribution is 5.97. The van der Waals surface area contributed by atoms with Gasteiger partial charge < -0.3 is 10.2 Å². The average Bonchev–Trinajstić information content (AvgIpc) is 2.79. The normalized spacial score (nSPS) is 14.6. The third-order valence-electron chi connectivity index (χ3n) is 5.95. The molecule has 1 saturated heterocycles. The van der Waals surface area contributed by atoms with Gasteiger partial charge in [-0.2, -0.15) is 0 Å². The number of rotatable bonds is 5. The van der Waals surface area contributed by atoms with E-state index in [2.05, 4.69) is 15.3 Å². The molecule has 0 saturated carbocycles. The van der Waals surface area contributed by atoms with Crippen molar-refractivity contribution < 1.29 is 9.59 Å². The third-order valence-corrected chi connectivity index (χ3v) is 5.95. The number of benzene rings is 2. The maximum atomic E-state index is 13.0. The molecule has 2 amide bonds. The molecular weight excluding hydrogens is 388 g/mol. The minimum absolute atomic E-state index is 0.00998. The number of fused-ring (bicyclic) bond motifs is 1. The van der Waals surface area contributed by atoms with E-state index >= 15 is 0 Å². The Hall–Kier alpha value is -3.28. The molecule has 0 unspecified atom stereocenters. The Morgan fingerprint density at radius 1 is 0.968 bits per heavy atom. The molecule has 0 bridgehead atoms. The highest BCUT2D eigenvalue weighted by atomic mass is 16.2. The summed E-state index contributed by atoms with van der Waals surface area (Å²) in [6.45, 7) is 5.14. The lowest BCUT2D eigenvalue weighted by atomic mass is 10.0. The van der Waals surface area contributed by atoms with E-state index in [1.54, 1.807) is 0 Å². The molecule has 1 aromatic heterocycles. The van der Waals surface area contributed by atoms with E-state index in [0.717, 1.165) is 41.7 Å². The number of nitrogens with zero attached hydrogens (tertiary/aromatic N) is 3. The molecule has 160 valence electrons. The van der Waals surface area contributed by atoms with Gasteiger partial charge in [0.15, 0.2) is 0 Å². The van der Waals surface area contributed by atoms with Gasteiger partial charge in [-0.15, -0.1) is 0 Å². The predicted molar refractivity (Wildman–Crippen MR) is 121 cm³/mol. The summed E-state index contributed by atoms with van der Waals surface area (Å²) in [4.78, 5) is 36.2. The van der Waals surface area contributed by atoms with E-state index in [4.69, 9.17) is 0 Å². The topological polar surface area (TPSA) is 75.2 Å². The van der Waals surface area contributed by atoms with Crippen LogP contribution in [0, 0.1) is 13.8 Å². The predicted octanol–water partition coefficient (Wildman–Crippen LogP) is 3.60. The fourth-order valence-electron chi connectivity index (χ4n) is 3.98. The number of carbonyl (C=O) groups is 2. The van der Waals surface area contributed by atoms with Crippen molar-refractivity contribution in [2.24, 2.45) is 0 Å². The van der Waals surface area contributed by atoms with Gasteiger partial charge in [0.2, 0.25) is 5.91 Å². The van der Waals surface area contributed by atoms with Crippen LogP contribution in [-0.4, -0.2) is 45.8 Å². The van der Waals surface area contributed by atoms with E-state index in [9.17, 15) is 9.59 Å². The molecule has 2 aromatic carbocycles. The van der Waals surface area contributed by atoms with E-state index in [-0.39, 0.29) is 17.9 Å². The van der Waals surface area contributed by atoms with Gasteiger partial charge in [-0.05, 0) is 56.9 Å². The molecule has 6 nitrogen and oxygen atoms in total. The number of likely N-dealkylation sites (tertiary alicyclic amines) is 1. The molecule has 31 heavy (non-hydrogen) atoms. The minimum atomic E-state index is 0.00998. The number of amides is 2. The van der Waals surface area contributed by atoms with E-state index < -0.39 is 0 Å². The van der Waals surface area contributed by atoms with Crippen molar-refractivity contribution >= 4 is 22.8 Å². The monoisotopic (exact) mass is 416 g/mol. The number of piperidine rings is 1. The van der Waals surface area contributed by atoms with Gasteiger partial charge in [0, 0.05) is 31.1 Å². The zero-order valence-electron chi connectivity index (χ0n) is 18.1. The fraction of sp³-hybridized carbons (Fsp3) is 0.360. The summed E-state index contributed by atoms with van der Waals surface area (Å²) in [6, 6.07) is 15.7. The van der Waals surface area contributed by atoms with Crippen LogP contribution >= 0.6 is 0 Å². The number of carbonyl (C=O) groups excluding carboxylic acids is 2. The Balaban J connectivity index is 1.30. The van der Waals surface area contributed by atoms with E-state index in [0.29, 0.717) is 25.1 Å². The number of aryl methyl sites for hydroxylation is 3. The van der Waals surface area contributed by atoms with Crippen molar-refractivity contribution in [2.45, 2.75) is 45.6 Å². The van der Waals surface area contributed by atoms with Crippen LogP contribution < -0.4 is 5.32 Å². The number of hydrogen-bond donors (Lipinski definition) is 1. The Bertz CT molecular complexity index is 1090. The molecule has 0 aliphatic carbocycles. The largest absolute Gasteiger partial charge is 0.353 e. The average molecular weight is 417 g/mol. The van der Waals surface area contributed by atoms with E-state index in [1.165, 1.54) is 5.56 Å². The molecule has 1 aliphatic rings. The van der Waals surface area contributed by atoms with Crippen molar-refractivity contribution in [2.75, 3.05) is 13.1 Å². The Kier molecular flexibility index (Phi) is 6.26. The first-order valence-corrected chi connectivity index (χ1v) is 10.9. The maximum absolute atomic E-state index is 13.0. The summed E-state index contributed by atoms with van der Waals surface area (Å²) in [5.41, 5.74) is 5.13. The van der Waals surface area contributed by atoms with Crippen LogP contribution in [0.5, 0.6) is 0 Å². The van der Waals surface area contributed by atoms with Gasteiger partial charge in [-0.3, -0.25) is 9.59 Å². The molecule has 4 rings (SSSR count). The summed E-state index contributed by atoms with van der Waals surface area (Å²) >= 11 is 0. The maximum Gasteiger partial charge on any atom is 0.253 e. The Labute approximate surface area is 182 Å². The van der Waals surface area contributed by atoms with E-state index in [1.807, 2.05) is 67.3 Å². The summed E-state index contributed by atoms with van der Waals surface area (Å²) in [5, 5.41) is 3.13. The first-order chi connectivity index (χ1) is 15.0. The highest BCUT2D eigenvalue weighted by Crippen LogP contribution is 2.18. The molecule has 3 aromatic rings. The number of nitrogens with one attached hydrogen (secondary N) is 1. The van der Waals surface area contributed by atoms with Gasteiger partial charge in [-0.1, -0.05) is 30.3 Å². The quantitative estimate of drug-likeness (QED) is 0.690. The smallest absolute Gasteiger partial charge is 0.253 e. The summed E-state index contributed by atoms with van der Waals surface area (Å²) in [6.07, 6.45) is 2.77. The van der Waals surface area contributed by atoms with Crippen LogP contribution in [0.2, 0.25) is 0 Å². The zero-order valence-corrected chi connectivity index (χ0v) is 18.1. The van der Waals surface area contributed by atoms with Crippen molar-refractivity contribution in [3.8, 4) is 0 Å². The van der Waals surface area contributed by atoms with Gasteiger partial charge in [-0.25, -0.2) is 9.97 Å². The summed E-state index contributed by atoms with van der Waals surface area (Å²) < 4.78 is 0. The molecule has 1 fully saturated rings. The minimum Gasteiger partial charge on any atom is -0.353 e. The highest BCUT2D eigenvalue weighted by Gasteiger charge is 2.25. The first-order valence-electron chi connectivity index (χ1n) is 10.9. The number of aromatic nitrogens is 2. The van der Waals surface area contributed by atoms with Crippen molar-refractivity contribution in [3.05, 3.63) is 71.0 Å². The fourth-order valence-corrected chi connectivity index (χ4v) is 3.98. The van der Waals surface area contributed by atoms with Crippen LogP contribution in [-0.2, 0) is 11.2 Å². The molecule has 0 radical (unpaired) electrons. The standard InChI is InChI=1S/C25H28N4O2/c1-17-18(2)27-23-16-20(9-10-22(23)26-17)25(31)29-14-12-21(13-15-29)28-24(30)11-8-19-6-4-3-5-7-19/h3-7,9-10,16,21H,8,11-15H2,1-2H3,(H,28,30).